The van der Waals surface area contributed by atoms with Crippen LogP contribution >= 0.6 is 0 Å². The Balaban J connectivity index is 1.45. The molecule has 134 valence electrons. The molecule has 4 aromatic rings. The van der Waals surface area contributed by atoms with Crippen molar-refractivity contribution in [2.75, 3.05) is 0 Å². The smallest absolute Gasteiger partial charge is 0.289 e. The van der Waals surface area contributed by atoms with Crippen LogP contribution in [0.15, 0.2) is 65.9 Å². The Hall–Kier alpha value is -3.67. The lowest BCUT2D eigenvalue weighted by atomic mass is 10.1. The highest BCUT2D eigenvalue weighted by Crippen LogP contribution is 2.19. The van der Waals surface area contributed by atoms with Crippen LogP contribution in [0.5, 0.6) is 0 Å². The van der Waals surface area contributed by atoms with Gasteiger partial charge < -0.3 is 4.98 Å². The zero-order valence-electron chi connectivity index (χ0n) is 14.9. The number of aromatic amines is 2. The Morgan fingerprint density at radius 3 is 2.81 bits per heavy atom. The van der Waals surface area contributed by atoms with Crippen molar-refractivity contribution in [3.63, 3.8) is 0 Å². The molecule has 2 aromatic carbocycles. The minimum atomic E-state index is -0.338. The summed E-state index contributed by atoms with van der Waals surface area (Å²) in [5, 5.41) is 12.1. The molecule has 0 unspecified atom stereocenters. The van der Waals surface area contributed by atoms with Gasteiger partial charge in [0.2, 0.25) is 0 Å². The van der Waals surface area contributed by atoms with Crippen LogP contribution in [0.25, 0.3) is 22.2 Å². The lowest BCUT2D eigenvalue weighted by Crippen LogP contribution is -2.17. The van der Waals surface area contributed by atoms with Crippen LogP contribution < -0.4 is 5.43 Å². The van der Waals surface area contributed by atoms with Crippen LogP contribution in [0, 0.1) is 0 Å². The van der Waals surface area contributed by atoms with Gasteiger partial charge in [-0.05, 0) is 24.1 Å². The molecular weight excluding hydrogens is 338 g/mol. The summed E-state index contributed by atoms with van der Waals surface area (Å²) in [6, 6.07) is 17.8. The number of hydrogen-bond acceptors (Lipinski definition) is 3. The molecule has 3 N–H and O–H groups in total. The Kier molecular flexibility index (Phi) is 4.53. The summed E-state index contributed by atoms with van der Waals surface area (Å²) in [4.78, 5) is 15.4. The highest BCUT2D eigenvalue weighted by atomic mass is 16.2. The quantitative estimate of drug-likeness (QED) is 0.374. The SMILES string of the molecule is CCc1ccc(-c2cc(C(=O)N/N=C\c3c[nH]c4ccccc34)[nH]n2)cc1. The lowest BCUT2D eigenvalue weighted by Gasteiger charge is -1.98. The maximum Gasteiger partial charge on any atom is 0.289 e. The molecule has 0 spiro atoms. The molecule has 0 aliphatic rings. The Bertz CT molecular complexity index is 1110. The topological polar surface area (TPSA) is 85.9 Å². The van der Waals surface area contributed by atoms with Crippen LogP contribution in [0.1, 0.15) is 28.5 Å². The highest BCUT2D eigenvalue weighted by molar-refractivity contribution is 6.00. The average molecular weight is 357 g/mol. The summed E-state index contributed by atoms with van der Waals surface area (Å²) in [5.74, 6) is -0.338. The molecule has 0 atom stereocenters. The summed E-state index contributed by atoms with van der Waals surface area (Å²) in [6.07, 6.45) is 4.47. The van der Waals surface area contributed by atoms with E-state index < -0.39 is 0 Å². The first-order chi connectivity index (χ1) is 13.2. The second-order valence-corrected chi connectivity index (χ2v) is 6.21. The zero-order chi connectivity index (χ0) is 18.6. The number of amides is 1. The zero-order valence-corrected chi connectivity index (χ0v) is 14.9. The average Bonchev–Trinajstić information content (AvgIpc) is 3.36. The molecule has 1 amide bonds. The largest absolute Gasteiger partial charge is 0.361 e. The third-order valence-electron chi connectivity index (χ3n) is 4.47. The third kappa shape index (κ3) is 3.50. The fourth-order valence-corrected chi connectivity index (χ4v) is 2.92. The van der Waals surface area contributed by atoms with Gasteiger partial charge in [-0.1, -0.05) is 49.4 Å². The molecule has 6 heteroatoms. The number of fused-ring (bicyclic) bond motifs is 1. The van der Waals surface area contributed by atoms with E-state index in [2.05, 4.69) is 44.8 Å². The molecule has 0 fully saturated rings. The van der Waals surface area contributed by atoms with Crippen molar-refractivity contribution in [3.8, 4) is 11.3 Å². The van der Waals surface area contributed by atoms with E-state index in [0.717, 1.165) is 34.1 Å². The van der Waals surface area contributed by atoms with Gasteiger partial charge in [-0.2, -0.15) is 10.2 Å². The molecule has 6 nitrogen and oxygen atoms in total. The van der Waals surface area contributed by atoms with Crippen molar-refractivity contribution >= 4 is 23.0 Å². The number of nitrogens with zero attached hydrogens (tertiary/aromatic N) is 2. The van der Waals surface area contributed by atoms with Crippen molar-refractivity contribution in [2.24, 2.45) is 5.10 Å². The summed E-state index contributed by atoms with van der Waals surface area (Å²) in [6.45, 7) is 2.11. The predicted octanol–water partition coefficient (Wildman–Crippen LogP) is 3.88. The normalized spacial score (nSPS) is 11.3. The van der Waals surface area contributed by atoms with Gasteiger partial charge >= 0.3 is 0 Å². The van der Waals surface area contributed by atoms with Crippen LogP contribution in [0.4, 0.5) is 0 Å². The predicted molar refractivity (Wildman–Crippen MR) is 107 cm³/mol. The van der Waals surface area contributed by atoms with Crippen LogP contribution in [-0.2, 0) is 6.42 Å². The molecule has 2 aromatic heterocycles. The molecule has 4 rings (SSSR count). The van der Waals surface area contributed by atoms with Gasteiger partial charge in [0.1, 0.15) is 5.69 Å². The van der Waals surface area contributed by atoms with E-state index in [4.69, 9.17) is 0 Å². The van der Waals surface area contributed by atoms with E-state index in [9.17, 15) is 4.79 Å². The van der Waals surface area contributed by atoms with Gasteiger partial charge in [0.25, 0.3) is 5.91 Å². The lowest BCUT2D eigenvalue weighted by molar-refractivity contribution is 0.0950. The number of rotatable bonds is 5. The molecule has 0 radical (unpaired) electrons. The fourth-order valence-electron chi connectivity index (χ4n) is 2.92. The minimum Gasteiger partial charge on any atom is -0.361 e. The molecule has 0 aliphatic heterocycles. The number of carbonyl (C=O) groups is 1. The maximum atomic E-state index is 12.3. The third-order valence-corrected chi connectivity index (χ3v) is 4.47. The van der Waals surface area contributed by atoms with Gasteiger partial charge in [0.15, 0.2) is 0 Å². The van der Waals surface area contributed by atoms with E-state index in [1.165, 1.54) is 5.56 Å². The first-order valence-corrected chi connectivity index (χ1v) is 8.79. The number of hydrazone groups is 1. The summed E-state index contributed by atoms with van der Waals surface area (Å²) >= 11 is 0. The van der Waals surface area contributed by atoms with Crippen molar-refractivity contribution in [1.82, 2.24) is 20.6 Å². The molecule has 0 bridgehead atoms. The second-order valence-electron chi connectivity index (χ2n) is 6.21. The molecule has 0 saturated carbocycles. The summed E-state index contributed by atoms with van der Waals surface area (Å²) < 4.78 is 0. The van der Waals surface area contributed by atoms with Gasteiger partial charge in [-0.25, -0.2) is 5.43 Å². The first-order valence-electron chi connectivity index (χ1n) is 8.79. The molecule has 0 aliphatic carbocycles. The number of nitrogens with one attached hydrogen (secondary N) is 3. The monoisotopic (exact) mass is 357 g/mol. The van der Waals surface area contributed by atoms with Crippen molar-refractivity contribution in [3.05, 3.63) is 77.6 Å². The number of aryl methyl sites for hydroxylation is 1. The van der Waals surface area contributed by atoms with E-state index in [1.54, 1.807) is 12.3 Å². The highest BCUT2D eigenvalue weighted by Gasteiger charge is 2.10. The number of hydrogen-bond donors (Lipinski definition) is 3. The fraction of sp³-hybridized carbons (Fsp3) is 0.0952. The second kappa shape index (κ2) is 7.29. The number of para-hydroxylation sites is 1. The number of benzene rings is 2. The van der Waals surface area contributed by atoms with Crippen LogP contribution in [0.3, 0.4) is 0 Å². The summed E-state index contributed by atoms with van der Waals surface area (Å²) in [5.41, 5.74) is 7.78. The van der Waals surface area contributed by atoms with Gasteiger partial charge in [-0.15, -0.1) is 0 Å². The first kappa shape index (κ1) is 16.8. The van der Waals surface area contributed by atoms with Crippen LogP contribution in [-0.4, -0.2) is 27.3 Å². The van der Waals surface area contributed by atoms with E-state index in [-0.39, 0.29) is 5.91 Å². The summed E-state index contributed by atoms with van der Waals surface area (Å²) in [7, 11) is 0. The van der Waals surface area contributed by atoms with Gasteiger partial charge in [0.05, 0.1) is 11.9 Å². The number of aromatic nitrogens is 3. The minimum absolute atomic E-state index is 0.338. The number of H-pyrrole nitrogens is 2. The van der Waals surface area contributed by atoms with Crippen LogP contribution in [0.2, 0.25) is 0 Å². The molecular formula is C21H19N5O. The van der Waals surface area contributed by atoms with Crippen molar-refractivity contribution in [1.29, 1.82) is 0 Å². The van der Waals surface area contributed by atoms with E-state index >= 15 is 0 Å². The Morgan fingerprint density at radius 1 is 1.19 bits per heavy atom. The van der Waals surface area contributed by atoms with Crippen molar-refractivity contribution in [2.45, 2.75) is 13.3 Å². The van der Waals surface area contributed by atoms with Crippen molar-refractivity contribution < 1.29 is 4.79 Å². The Morgan fingerprint density at radius 2 is 2.00 bits per heavy atom. The molecule has 2 heterocycles. The Labute approximate surface area is 156 Å². The van der Waals surface area contributed by atoms with Gasteiger partial charge in [0, 0.05) is 28.2 Å². The molecule has 0 saturated heterocycles. The molecule has 27 heavy (non-hydrogen) atoms. The van der Waals surface area contributed by atoms with E-state index in [1.807, 2.05) is 42.6 Å². The van der Waals surface area contributed by atoms with E-state index in [0.29, 0.717) is 5.69 Å². The number of carbonyl (C=O) groups excluding carboxylic acids is 1. The standard InChI is InChI=1S/C21H19N5O/c1-2-14-7-9-15(10-8-14)19-11-20(25-24-19)21(27)26-23-13-16-12-22-18-6-4-3-5-17(16)18/h3-13,22H,2H2,1H3,(H,24,25)(H,26,27)/b23-13-. The maximum absolute atomic E-state index is 12.3. The van der Waals surface area contributed by atoms with Gasteiger partial charge in [-0.3, -0.25) is 9.89 Å².